The summed E-state index contributed by atoms with van der Waals surface area (Å²) in [5, 5.41) is 0. The maximum absolute atomic E-state index is 13.8. The molecule has 1 fully saturated rings. The Morgan fingerprint density at radius 3 is 2.26 bits per heavy atom. The third kappa shape index (κ3) is 4.79. The van der Waals surface area contributed by atoms with Crippen LogP contribution in [-0.4, -0.2) is 53.6 Å². The second kappa shape index (κ2) is 7.02. The van der Waals surface area contributed by atoms with Crippen LogP contribution in [-0.2, 0) is 4.74 Å². The number of ether oxygens (including phenoxy) is 1. The quantitative estimate of drug-likeness (QED) is 0.639. The van der Waals surface area contributed by atoms with Gasteiger partial charge in [-0.25, -0.2) is 9.18 Å². The summed E-state index contributed by atoms with van der Waals surface area (Å²) in [5.74, 6) is -0.866. The van der Waals surface area contributed by atoms with Gasteiger partial charge < -0.3 is 14.5 Å². The van der Waals surface area contributed by atoms with Crippen LogP contribution in [0.4, 0.5) is 9.18 Å². The fraction of sp³-hybridized carbons (Fsp3) is 0.500. The lowest BCUT2D eigenvalue weighted by molar-refractivity contribution is 0.0140. The molecular formula is C16H20FIN2O3. The molecule has 1 saturated heterocycles. The molecule has 1 aromatic rings. The van der Waals surface area contributed by atoms with Crippen LogP contribution in [0.25, 0.3) is 0 Å². The number of piperazine rings is 1. The van der Waals surface area contributed by atoms with E-state index in [4.69, 9.17) is 4.74 Å². The summed E-state index contributed by atoms with van der Waals surface area (Å²) in [4.78, 5) is 27.6. The molecule has 5 nitrogen and oxygen atoms in total. The van der Waals surface area contributed by atoms with E-state index in [1.165, 1.54) is 6.07 Å². The van der Waals surface area contributed by atoms with Crippen molar-refractivity contribution in [1.29, 1.82) is 0 Å². The number of halogens is 2. The predicted octanol–water partition coefficient (Wildman–Crippen LogP) is 3.12. The Hall–Kier alpha value is -1.38. The van der Waals surface area contributed by atoms with Crippen molar-refractivity contribution in [2.45, 2.75) is 26.4 Å². The van der Waals surface area contributed by atoms with Gasteiger partial charge in [0.25, 0.3) is 5.91 Å². The SMILES string of the molecule is CC(C)(C)OC(=O)N1CCN(C(=O)c2cc(I)ccc2F)CC1. The van der Waals surface area contributed by atoms with Crippen molar-refractivity contribution in [2.75, 3.05) is 26.2 Å². The lowest BCUT2D eigenvalue weighted by Crippen LogP contribution is -2.51. The topological polar surface area (TPSA) is 49.9 Å². The molecule has 0 aromatic heterocycles. The summed E-state index contributed by atoms with van der Waals surface area (Å²) in [6.45, 7) is 6.92. The van der Waals surface area contributed by atoms with Gasteiger partial charge in [-0.3, -0.25) is 4.79 Å². The van der Waals surface area contributed by atoms with E-state index in [0.29, 0.717) is 26.2 Å². The Morgan fingerprint density at radius 1 is 1.13 bits per heavy atom. The average Bonchev–Trinajstić information content (AvgIpc) is 2.47. The molecule has 1 aliphatic rings. The minimum Gasteiger partial charge on any atom is -0.444 e. The summed E-state index contributed by atoms with van der Waals surface area (Å²) >= 11 is 2.04. The molecule has 0 unspecified atom stereocenters. The van der Waals surface area contributed by atoms with Crippen LogP contribution in [0.3, 0.4) is 0 Å². The molecule has 0 aliphatic carbocycles. The molecule has 0 spiro atoms. The number of hydrogen-bond acceptors (Lipinski definition) is 3. The van der Waals surface area contributed by atoms with Gasteiger partial charge in [-0.1, -0.05) is 0 Å². The van der Waals surface area contributed by atoms with E-state index < -0.39 is 11.4 Å². The number of hydrogen-bond donors (Lipinski definition) is 0. The molecule has 0 atom stereocenters. The van der Waals surface area contributed by atoms with Crippen LogP contribution in [0.1, 0.15) is 31.1 Å². The number of carbonyl (C=O) groups is 2. The number of rotatable bonds is 1. The summed E-state index contributed by atoms with van der Waals surface area (Å²) in [6, 6.07) is 4.46. The highest BCUT2D eigenvalue weighted by Crippen LogP contribution is 2.17. The normalized spacial score (nSPS) is 15.5. The third-order valence-electron chi connectivity index (χ3n) is 3.38. The van der Waals surface area contributed by atoms with Crippen LogP contribution in [0.5, 0.6) is 0 Å². The van der Waals surface area contributed by atoms with Crippen LogP contribution in [0.15, 0.2) is 18.2 Å². The van der Waals surface area contributed by atoms with Gasteiger partial charge >= 0.3 is 6.09 Å². The third-order valence-corrected chi connectivity index (χ3v) is 4.05. The molecule has 2 rings (SSSR count). The van der Waals surface area contributed by atoms with Gasteiger partial charge in [0.2, 0.25) is 0 Å². The van der Waals surface area contributed by atoms with E-state index in [0.717, 1.165) is 3.57 Å². The Bertz CT molecular complexity index is 608. The van der Waals surface area contributed by atoms with Crippen molar-refractivity contribution in [1.82, 2.24) is 9.80 Å². The summed E-state index contributed by atoms with van der Waals surface area (Å²) in [6.07, 6.45) is -0.384. The molecule has 0 N–H and O–H groups in total. The molecule has 0 saturated carbocycles. The lowest BCUT2D eigenvalue weighted by Gasteiger charge is -2.35. The summed E-state index contributed by atoms with van der Waals surface area (Å²) < 4.78 is 20.0. The molecule has 1 aliphatic heterocycles. The Morgan fingerprint density at radius 2 is 1.70 bits per heavy atom. The molecule has 1 aromatic carbocycles. The Labute approximate surface area is 148 Å². The first kappa shape index (κ1) is 18.0. The van der Waals surface area contributed by atoms with Crippen LogP contribution in [0.2, 0.25) is 0 Å². The average molecular weight is 434 g/mol. The molecule has 1 heterocycles. The van der Waals surface area contributed by atoms with Gasteiger partial charge in [0.05, 0.1) is 5.56 Å². The molecular weight excluding hydrogens is 414 g/mol. The maximum atomic E-state index is 13.8. The second-order valence-corrected chi connectivity index (χ2v) is 7.63. The van der Waals surface area contributed by atoms with Crippen molar-refractivity contribution in [3.05, 3.63) is 33.1 Å². The van der Waals surface area contributed by atoms with Gasteiger partial charge in [0.15, 0.2) is 0 Å². The van der Waals surface area contributed by atoms with Crippen LogP contribution >= 0.6 is 22.6 Å². The van der Waals surface area contributed by atoms with Gasteiger partial charge in [0.1, 0.15) is 11.4 Å². The smallest absolute Gasteiger partial charge is 0.410 e. The van der Waals surface area contributed by atoms with Crippen molar-refractivity contribution >= 4 is 34.6 Å². The minimum absolute atomic E-state index is 0.0719. The number of carbonyl (C=O) groups excluding carboxylic acids is 2. The van der Waals surface area contributed by atoms with Gasteiger partial charge in [-0.2, -0.15) is 0 Å². The highest BCUT2D eigenvalue weighted by atomic mass is 127. The van der Waals surface area contributed by atoms with Crippen molar-refractivity contribution < 1.29 is 18.7 Å². The summed E-state index contributed by atoms with van der Waals surface area (Å²) in [7, 11) is 0. The minimum atomic E-state index is -0.548. The first-order valence-corrected chi connectivity index (χ1v) is 8.47. The van der Waals surface area contributed by atoms with E-state index >= 15 is 0 Å². The van der Waals surface area contributed by atoms with E-state index in [-0.39, 0.29) is 17.6 Å². The molecule has 2 amide bonds. The highest BCUT2D eigenvalue weighted by molar-refractivity contribution is 14.1. The van der Waals surface area contributed by atoms with Crippen molar-refractivity contribution in [3.63, 3.8) is 0 Å². The fourth-order valence-corrected chi connectivity index (χ4v) is 2.74. The second-order valence-electron chi connectivity index (χ2n) is 6.38. The first-order chi connectivity index (χ1) is 10.7. The largest absolute Gasteiger partial charge is 0.444 e. The van der Waals surface area contributed by atoms with Gasteiger partial charge in [-0.05, 0) is 61.6 Å². The van der Waals surface area contributed by atoms with E-state index in [1.54, 1.807) is 21.9 Å². The number of nitrogens with zero attached hydrogens (tertiary/aromatic N) is 2. The first-order valence-electron chi connectivity index (χ1n) is 7.39. The Kier molecular flexibility index (Phi) is 5.49. The summed E-state index contributed by atoms with van der Waals surface area (Å²) in [5.41, 5.74) is -0.476. The molecule has 23 heavy (non-hydrogen) atoms. The Balaban J connectivity index is 1.97. The molecule has 0 bridgehead atoms. The molecule has 0 radical (unpaired) electrons. The van der Waals surface area contributed by atoms with Crippen molar-refractivity contribution in [2.24, 2.45) is 0 Å². The van der Waals surface area contributed by atoms with E-state index in [2.05, 4.69) is 0 Å². The fourth-order valence-electron chi connectivity index (χ4n) is 2.25. The van der Waals surface area contributed by atoms with Gasteiger partial charge in [-0.15, -0.1) is 0 Å². The number of benzene rings is 1. The predicted molar refractivity (Wildman–Crippen MR) is 92.8 cm³/mol. The molecule has 7 heteroatoms. The zero-order valence-electron chi connectivity index (χ0n) is 13.4. The zero-order chi connectivity index (χ0) is 17.2. The lowest BCUT2D eigenvalue weighted by atomic mass is 10.1. The van der Waals surface area contributed by atoms with E-state index in [9.17, 15) is 14.0 Å². The molecule has 126 valence electrons. The number of amides is 2. The van der Waals surface area contributed by atoms with Crippen LogP contribution < -0.4 is 0 Å². The van der Waals surface area contributed by atoms with Crippen LogP contribution in [0, 0.1) is 9.39 Å². The van der Waals surface area contributed by atoms with E-state index in [1.807, 2.05) is 43.4 Å². The maximum Gasteiger partial charge on any atom is 0.410 e. The standard InChI is InChI=1S/C16H20FIN2O3/c1-16(2,3)23-15(22)20-8-6-19(7-9-20)14(21)12-10-11(18)4-5-13(12)17/h4-5,10H,6-9H2,1-3H3. The highest BCUT2D eigenvalue weighted by Gasteiger charge is 2.28. The monoisotopic (exact) mass is 434 g/mol. The van der Waals surface area contributed by atoms with Gasteiger partial charge in [0, 0.05) is 29.7 Å². The zero-order valence-corrected chi connectivity index (χ0v) is 15.6. The van der Waals surface area contributed by atoms with Crippen molar-refractivity contribution in [3.8, 4) is 0 Å².